The van der Waals surface area contributed by atoms with Crippen LogP contribution in [-0.2, 0) is 17.7 Å². The Morgan fingerprint density at radius 3 is 2.20 bits per heavy atom. The number of para-hydroxylation sites is 1. The van der Waals surface area contributed by atoms with Gasteiger partial charge in [0.1, 0.15) is 6.10 Å². The van der Waals surface area contributed by atoms with Crippen LogP contribution >= 0.6 is 0 Å². The van der Waals surface area contributed by atoms with E-state index in [1.807, 2.05) is 72.8 Å². The summed E-state index contributed by atoms with van der Waals surface area (Å²) >= 11 is 0. The van der Waals surface area contributed by atoms with Crippen LogP contribution in [0.2, 0.25) is 0 Å². The Morgan fingerprint density at radius 2 is 1.53 bits per heavy atom. The van der Waals surface area contributed by atoms with E-state index in [-0.39, 0.29) is 17.7 Å². The van der Waals surface area contributed by atoms with Crippen LogP contribution < -0.4 is 10.8 Å². The number of carboxylic acid groups (broad SMARTS) is 1. The number of allylic oxidation sites excluding steroid dienone is 1. The second-order valence-corrected chi connectivity index (χ2v) is 7.36. The fraction of sp³-hybridized carbons (Fsp3) is 0.160. The molecule has 2 atom stereocenters. The van der Waals surface area contributed by atoms with Crippen LogP contribution in [0.1, 0.15) is 21.5 Å². The number of aromatic carboxylic acids is 1. The fourth-order valence-corrected chi connectivity index (χ4v) is 3.66. The molecular weight excluding hydrogens is 376 g/mol. The highest BCUT2D eigenvalue weighted by Gasteiger charge is 2.32. The molecule has 3 N–H and O–H groups in total. The third-order valence-electron chi connectivity index (χ3n) is 5.16. The Bertz CT molecular complexity index is 1030. The van der Waals surface area contributed by atoms with Gasteiger partial charge < -0.3 is 10.8 Å². The van der Waals surface area contributed by atoms with Crippen molar-refractivity contribution in [2.75, 3.05) is 5.06 Å². The lowest BCUT2D eigenvalue weighted by Crippen LogP contribution is -2.38. The first-order chi connectivity index (χ1) is 14.6. The zero-order valence-electron chi connectivity index (χ0n) is 16.5. The molecule has 152 valence electrons. The fourth-order valence-electron chi connectivity index (χ4n) is 3.66. The number of carboxylic acids is 1. The van der Waals surface area contributed by atoms with Gasteiger partial charge in [0.15, 0.2) is 0 Å². The third kappa shape index (κ3) is 4.43. The summed E-state index contributed by atoms with van der Waals surface area (Å²) in [7, 11) is 0. The molecule has 0 fully saturated rings. The number of hydrogen-bond acceptors (Lipinski definition) is 4. The summed E-state index contributed by atoms with van der Waals surface area (Å²) in [6.45, 7) is 0. The molecule has 30 heavy (non-hydrogen) atoms. The summed E-state index contributed by atoms with van der Waals surface area (Å²) in [6.07, 6.45) is 2.93. The Labute approximate surface area is 176 Å². The number of carbonyl (C=O) groups is 1. The van der Waals surface area contributed by atoms with Crippen LogP contribution in [0.3, 0.4) is 0 Å². The van der Waals surface area contributed by atoms with Gasteiger partial charge in [0, 0.05) is 12.5 Å². The van der Waals surface area contributed by atoms with Crippen molar-refractivity contribution in [2.24, 2.45) is 5.73 Å². The van der Waals surface area contributed by atoms with Crippen molar-refractivity contribution >= 4 is 11.7 Å². The molecule has 0 spiro atoms. The summed E-state index contributed by atoms with van der Waals surface area (Å²) in [5.74, 6) is -0.995. The number of anilines is 1. The van der Waals surface area contributed by atoms with Gasteiger partial charge in [0.05, 0.1) is 16.9 Å². The lowest BCUT2D eigenvalue weighted by Gasteiger charge is -2.25. The molecule has 2 unspecified atom stereocenters. The van der Waals surface area contributed by atoms with Gasteiger partial charge in [-0.1, -0.05) is 72.8 Å². The topological polar surface area (TPSA) is 75.8 Å². The first-order valence-electron chi connectivity index (χ1n) is 9.95. The molecule has 5 nitrogen and oxygen atoms in total. The number of hydrogen-bond donors (Lipinski definition) is 2. The summed E-state index contributed by atoms with van der Waals surface area (Å²) in [5.41, 5.74) is 10.3. The van der Waals surface area contributed by atoms with E-state index < -0.39 is 5.97 Å². The van der Waals surface area contributed by atoms with Crippen LogP contribution in [0.5, 0.6) is 0 Å². The molecular formula is C25H24N2O3. The van der Waals surface area contributed by atoms with Gasteiger partial charge in [0.2, 0.25) is 0 Å². The van der Waals surface area contributed by atoms with E-state index in [1.165, 1.54) is 0 Å². The highest BCUT2D eigenvalue weighted by Crippen LogP contribution is 2.32. The second-order valence-electron chi connectivity index (χ2n) is 7.36. The van der Waals surface area contributed by atoms with Gasteiger partial charge >= 0.3 is 5.97 Å². The summed E-state index contributed by atoms with van der Waals surface area (Å²) in [6, 6.07) is 26.7. The first kappa shape index (κ1) is 19.9. The Kier molecular flexibility index (Phi) is 5.93. The summed E-state index contributed by atoms with van der Waals surface area (Å²) < 4.78 is 0. The maximum Gasteiger partial charge on any atom is 0.337 e. The highest BCUT2D eigenvalue weighted by atomic mass is 16.7. The lowest BCUT2D eigenvalue weighted by molar-refractivity contribution is 0.0676. The number of benzene rings is 3. The number of hydroxylamine groups is 1. The predicted octanol–water partition coefficient (Wildman–Crippen LogP) is 4.20. The van der Waals surface area contributed by atoms with Crippen molar-refractivity contribution in [1.29, 1.82) is 0 Å². The molecule has 0 radical (unpaired) electrons. The normalized spacial score (nSPS) is 16.9. The largest absolute Gasteiger partial charge is 0.478 e. The molecule has 4 rings (SSSR count). The van der Waals surface area contributed by atoms with E-state index in [2.05, 4.69) is 0 Å². The third-order valence-corrected chi connectivity index (χ3v) is 5.16. The number of rotatable bonds is 7. The van der Waals surface area contributed by atoms with E-state index >= 15 is 0 Å². The Morgan fingerprint density at radius 1 is 0.933 bits per heavy atom. The van der Waals surface area contributed by atoms with Gasteiger partial charge in [-0.2, -0.15) is 0 Å². The highest BCUT2D eigenvalue weighted by molar-refractivity contribution is 5.94. The number of nitrogens with zero attached hydrogens (tertiary/aromatic N) is 1. The minimum Gasteiger partial charge on any atom is -0.478 e. The quantitative estimate of drug-likeness (QED) is 0.622. The Hall–Kier alpha value is -3.41. The maximum atomic E-state index is 11.8. The van der Waals surface area contributed by atoms with Gasteiger partial charge in [-0.25, -0.2) is 9.86 Å². The van der Waals surface area contributed by atoms with Crippen LogP contribution in [0, 0.1) is 0 Å². The molecule has 3 aromatic carbocycles. The molecule has 5 heteroatoms. The smallest absolute Gasteiger partial charge is 0.337 e. The van der Waals surface area contributed by atoms with Crippen molar-refractivity contribution in [3.63, 3.8) is 0 Å². The molecule has 0 saturated carbocycles. The van der Waals surface area contributed by atoms with Gasteiger partial charge in [0.25, 0.3) is 0 Å². The molecule has 3 aromatic rings. The average molecular weight is 400 g/mol. The molecule has 1 aliphatic rings. The minimum absolute atomic E-state index is 0.189. The van der Waals surface area contributed by atoms with Crippen LogP contribution in [0.15, 0.2) is 96.7 Å². The van der Waals surface area contributed by atoms with Crippen LogP contribution in [0.4, 0.5) is 5.69 Å². The molecule has 0 bridgehead atoms. The van der Waals surface area contributed by atoms with Gasteiger partial charge in [-0.3, -0.25) is 4.84 Å². The molecule has 0 aliphatic carbocycles. The molecule has 0 aromatic heterocycles. The van der Waals surface area contributed by atoms with Gasteiger partial charge in [-0.05, 0) is 35.8 Å². The minimum atomic E-state index is -0.995. The van der Waals surface area contributed by atoms with Crippen molar-refractivity contribution in [2.45, 2.75) is 25.0 Å². The van der Waals surface area contributed by atoms with Crippen LogP contribution in [0.25, 0.3) is 0 Å². The van der Waals surface area contributed by atoms with E-state index in [0.29, 0.717) is 18.5 Å². The monoisotopic (exact) mass is 400 g/mol. The molecule has 1 aliphatic heterocycles. The van der Waals surface area contributed by atoms with E-state index in [9.17, 15) is 9.90 Å². The van der Waals surface area contributed by atoms with E-state index in [1.54, 1.807) is 23.3 Å². The first-order valence-corrected chi connectivity index (χ1v) is 9.95. The van der Waals surface area contributed by atoms with Crippen LogP contribution in [-0.4, -0.2) is 23.2 Å². The standard InChI is InChI=1S/C25H24N2O3/c26-22(16-19-11-5-2-6-12-19)24-17-20(15-18-9-3-1-4-10-18)27(30-24)23-14-8-7-13-21(23)25(28)29/h1-14,17,22,24H,15-16,26H2,(H,28,29). The average Bonchev–Trinajstić information content (AvgIpc) is 3.19. The predicted molar refractivity (Wildman–Crippen MR) is 117 cm³/mol. The molecule has 0 amide bonds. The zero-order chi connectivity index (χ0) is 20.9. The van der Waals surface area contributed by atoms with Gasteiger partial charge in [-0.15, -0.1) is 0 Å². The molecule has 0 saturated heterocycles. The SMILES string of the molecule is NC(Cc1ccccc1)C1C=C(Cc2ccccc2)N(c2ccccc2C(=O)O)O1. The van der Waals surface area contributed by atoms with E-state index in [4.69, 9.17) is 10.6 Å². The van der Waals surface area contributed by atoms with Crippen molar-refractivity contribution in [1.82, 2.24) is 0 Å². The lowest BCUT2D eigenvalue weighted by atomic mass is 10.0. The summed E-state index contributed by atoms with van der Waals surface area (Å²) in [5, 5.41) is 11.3. The van der Waals surface area contributed by atoms with Crippen molar-refractivity contribution in [3.8, 4) is 0 Å². The second kappa shape index (κ2) is 8.95. The number of nitrogens with two attached hydrogens (primary N) is 1. The zero-order valence-corrected chi connectivity index (χ0v) is 16.5. The molecule has 1 heterocycles. The summed E-state index contributed by atoms with van der Waals surface area (Å²) in [4.78, 5) is 18.0. The van der Waals surface area contributed by atoms with Crippen molar-refractivity contribution < 1.29 is 14.7 Å². The van der Waals surface area contributed by atoms with E-state index in [0.717, 1.165) is 16.8 Å². The maximum absolute atomic E-state index is 11.8. The Balaban J connectivity index is 1.63. The van der Waals surface area contributed by atoms with Crippen molar-refractivity contribution in [3.05, 3.63) is 113 Å².